The largest absolute Gasteiger partial charge is 0.497 e. The van der Waals surface area contributed by atoms with Crippen LogP contribution in [0.5, 0.6) is 5.75 Å². The minimum atomic E-state index is -0.276. The van der Waals surface area contributed by atoms with Crippen LogP contribution in [0, 0.1) is 13.8 Å². The molecular weight excluding hydrogens is 332 g/mol. The average Bonchev–Trinajstić information content (AvgIpc) is 3.02. The van der Waals surface area contributed by atoms with Crippen molar-refractivity contribution in [3.8, 4) is 5.75 Å². The summed E-state index contributed by atoms with van der Waals surface area (Å²) in [6, 6.07) is 10.7. The summed E-state index contributed by atoms with van der Waals surface area (Å²) in [6.07, 6.45) is 0.0623. The molecule has 26 heavy (non-hydrogen) atoms. The van der Waals surface area contributed by atoms with Crippen molar-refractivity contribution in [2.45, 2.75) is 20.3 Å². The second-order valence-corrected chi connectivity index (χ2v) is 6.19. The molecule has 0 bridgehead atoms. The third kappa shape index (κ3) is 3.74. The Morgan fingerprint density at radius 2 is 1.88 bits per heavy atom. The molecule has 0 saturated heterocycles. The van der Waals surface area contributed by atoms with Crippen LogP contribution in [0.25, 0.3) is 11.0 Å². The summed E-state index contributed by atoms with van der Waals surface area (Å²) >= 11 is 0. The van der Waals surface area contributed by atoms with E-state index in [1.165, 1.54) is 0 Å². The molecule has 0 atom stereocenters. The van der Waals surface area contributed by atoms with E-state index in [1.807, 2.05) is 26.0 Å². The molecule has 1 N–H and O–H groups in total. The monoisotopic (exact) mass is 352 g/mol. The zero-order valence-corrected chi connectivity index (χ0v) is 15.0. The van der Waals surface area contributed by atoms with E-state index in [9.17, 15) is 9.59 Å². The Labute approximate surface area is 151 Å². The van der Waals surface area contributed by atoms with E-state index >= 15 is 0 Å². The van der Waals surface area contributed by atoms with Crippen LogP contribution in [0.15, 0.2) is 40.9 Å². The van der Waals surface area contributed by atoms with Gasteiger partial charge in [-0.15, -0.1) is 0 Å². The SMILES string of the molecule is COc1ccc(C(=O)CNC(=O)Cc2noc3cc(C)cc(C)c23)cc1. The number of ether oxygens (including phenoxy) is 1. The number of fused-ring (bicyclic) bond motifs is 1. The Morgan fingerprint density at radius 1 is 1.15 bits per heavy atom. The van der Waals surface area contributed by atoms with E-state index in [0.29, 0.717) is 22.6 Å². The van der Waals surface area contributed by atoms with Crippen LogP contribution in [0.1, 0.15) is 27.2 Å². The summed E-state index contributed by atoms with van der Waals surface area (Å²) in [5.74, 6) is 0.231. The Kier molecular flexibility index (Phi) is 5.02. The van der Waals surface area contributed by atoms with Gasteiger partial charge in [0.2, 0.25) is 5.91 Å². The van der Waals surface area contributed by atoms with E-state index in [0.717, 1.165) is 16.5 Å². The Hall–Kier alpha value is -3.15. The predicted molar refractivity (Wildman–Crippen MR) is 97.5 cm³/mol. The molecule has 1 heterocycles. The number of methoxy groups -OCH3 is 1. The molecule has 3 aromatic rings. The van der Waals surface area contributed by atoms with E-state index in [1.54, 1.807) is 31.4 Å². The van der Waals surface area contributed by atoms with Gasteiger partial charge >= 0.3 is 0 Å². The molecule has 0 unspecified atom stereocenters. The second kappa shape index (κ2) is 7.39. The number of nitrogens with zero attached hydrogens (tertiary/aromatic N) is 1. The number of rotatable bonds is 6. The lowest BCUT2D eigenvalue weighted by Crippen LogP contribution is -2.30. The van der Waals surface area contributed by atoms with Gasteiger partial charge in [-0.05, 0) is 55.3 Å². The van der Waals surface area contributed by atoms with E-state index < -0.39 is 0 Å². The van der Waals surface area contributed by atoms with Crippen LogP contribution < -0.4 is 10.1 Å². The van der Waals surface area contributed by atoms with Crippen molar-refractivity contribution < 1.29 is 18.8 Å². The van der Waals surface area contributed by atoms with Crippen molar-refractivity contribution in [2.24, 2.45) is 0 Å². The first kappa shape index (κ1) is 17.7. The van der Waals surface area contributed by atoms with Crippen molar-refractivity contribution in [1.29, 1.82) is 0 Å². The quantitative estimate of drug-likeness (QED) is 0.690. The molecule has 0 aliphatic heterocycles. The molecule has 0 aliphatic rings. The molecule has 0 aliphatic carbocycles. The molecule has 134 valence electrons. The summed E-state index contributed by atoms with van der Waals surface area (Å²) in [4.78, 5) is 24.4. The first-order valence-electron chi connectivity index (χ1n) is 8.27. The highest BCUT2D eigenvalue weighted by Crippen LogP contribution is 2.24. The molecule has 6 heteroatoms. The number of nitrogens with one attached hydrogen (secondary N) is 1. The van der Waals surface area contributed by atoms with Gasteiger partial charge in [-0.1, -0.05) is 11.2 Å². The molecular formula is C20H20N2O4. The van der Waals surface area contributed by atoms with Crippen LogP contribution in [0.2, 0.25) is 0 Å². The minimum Gasteiger partial charge on any atom is -0.497 e. The van der Waals surface area contributed by atoms with E-state index in [4.69, 9.17) is 9.26 Å². The fourth-order valence-corrected chi connectivity index (χ4v) is 2.91. The number of Topliss-reactive ketones (excluding diaryl/α,β-unsaturated/α-hetero) is 1. The van der Waals surface area contributed by atoms with E-state index in [2.05, 4.69) is 10.5 Å². The van der Waals surface area contributed by atoms with Crippen molar-refractivity contribution in [3.05, 3.63) is 58.8 Å². The molecule has 6 nitrogen and oxygen atoms in total. The van der Waals surface area contributed by atoms with Crippen LogP contribution in [0.3, 0.4) is 0 Å². The molecule has 0 spiro atoms. The topological polar surface area (TPSA) is 81.4 Å². The maximum absolute atomic E-state index is 12.2. The number of aromatic nitrogens is 1. The van der Waals surface area contributed by atoms with Crippen molar-refractivity contribution >= 4 is 22.7 Å². The van der Waals surface area contributed by atoms with Gasteiger partial charge in [0.15, 0.2) is 11.4 Å². The zero-order valence-electron chi connectivity index (χ0n) is 15.0. The van der Waals surface area contributed by atoms with Crippen molar-refractivity contribution in [1.82, 2.24) is 10.5 Å². The Bertz CT molecular complexity index is 958. The normalized spacial score (nSPS) is 10.7. The lowest BCUT2D eigenvalue weighted by molar-refractivity contribution is -0.120. The zero-order chi connectivity index (χ0) is 18.7. The lowest BCUT2D eigenvalue weighted by atomic mass is 10.0. The summed E-state index contributed by atoms with van der Waals surface area (Å²) in [5.41, 5.74) is 3.85. The van der Waals surface area contributed by atoms with Gasteiger partial charge in [0.1, 0.15) is 11.4 Å². The third-order valence-electron chi connectivity index (χ3n) is 4.17. The Balaban J connectivity index is 1.63. The van der Waals surface area contributed by atoms with Crippen LogP contribution in [-0.4, -0.2) is 30.5 Å². The highest BCUT2D eigenvalue weighted by atomic mass is 16.5. The number of hydrogen-bond donors (Lipinski definition) is 1. The molecule has 0 saturated carbocycles. The number of benzene rings is 2. The highest BCUT2D eigenvalue weighted by Gasteiger charge is 2.16. The summed E-state index contributed by atoms with van der Waals surface area (Å²) < 4.78 is 10.4. The number of hydrogen-bond acceptors (Lipinski definition) is 5. The molecule has 0 fully saturated rings. The number of amides is 1. The van der Waals surface area contributed by atoms with Crippen LogP contribution in [0.4, 0.5) is 0 Å². The fraction of sp³-hybridized carbons (Fsp3) is 0.250. The van der Waals surface area contributed by atoms with Crippen molar-refractivity contribution in [3.63, 3.8) is 0 Å². The molecule has 0 radical (unpaired) electrons. The molecule has 1 aromatic heterocycles. The predicted octanol–water partition coefficient (Wildman–Crippen LogP) is 2.99. The lowest BCUT2D eigenvalue weighted by Gasteiger charge is -2.05. The number of ketones is 1. The van der Waals surface area contributed by atoms with Gasteiger partial charge in [0, 0.05) is 10.9 Å². The summed E-state index contributed by atoms with van der Waals surface area (Å²) in [7, 11) is 1.56. The summed E-state index contributed by atoms with van der Waals surface area (Å²) in [6.45, 7) is 3.87. The number of carbonyl (C=O) groups excluding carboxylic acids is 2. The standard InChI is InChI=1S/C20H20N2O4/c1-12-8-13(2)20-16(22-26-18(20)9-12)10-19(24)21-11-17(23)14-4-6-15(25-3)7-5-14/h4-9H,10-11H2,1-3H3,(H,21,24). The number of carbonyl (C=O) groups is 2. The number of aryl methyl sites for hydroxylation is 2. The van der Waals surface area contributed by atoms with Crippen LogP contribution in [-0.2, 0) is 11.2 Å². The van der Waals surface area contributed by atoms with Gasteiger partial charge in [0.25, 0.3) is 0 Å². The van der Waals surface area contributed by atoms with Crippen LogP contribution >= 0.6 is 0 Å². The fourth-order valence-electron chi connectivity index (χ4n) is 2.91. The smallest absolute Gasteiger partial charge is 0.226 e. The molecule has 2 aromatic carbocycles. The third-order valence-corrected chi connectivity index (χ3v) is 4.17. The molecule has 3 rings (SSSR count). The maximum atomic E-state index is 12.2. The van der Waals surface area contributed by atoms with Gasteiger partial charge in [-0.2, -0.15) is 0 Å². The maximum Gasteiger partial charge on any atom is 0.226 e. The van der Waals surface area contributed by atoms with Gasteiger partial charge < -0.3 is 14.6 Å². The first-order chi connectivity index (χ1) is 12.5. The van der Waals surface area contributed by atoms with Gasteiger partial charge in [-0.25, -0.2) is 0 Å². The van der Waals surface area contributed by atoms with Gasteiger partial charge in [0.05, 0.1) is 20.1 Å². The van der Waals surface area contributed by atoms with E-state index in [-0.39, 0.29) is 24.7 Å². The first-order valence-corrected chi connectivity index (χ1v) is 8.27. The minimum absolute atomic E-state index is 0.0623. The average molecular weight is 352 g/mol. The summed E-state index contributed by atoms with van der Waals surface area (Å²) in [5, 5.41) is 7.50. The Morgan fingerprint density at radius 3 is 2.58 bits per heavy atom. The second-order valence-electron chi connectivity index (χ2n) is 6.19. The molecule has 1 amide bonds. The van der Waals surface area contributed by atoms with Gasteiger partial charge in [-0.3, -0.25) is 9.59 Å². The highest BCUT2D eigenvalue weighted by molar-refractivity contribution is 5.99. The van der Waals surface area contributed by atoms with Crippen molar-refractivity contribution in [2.75, 3.05) is 13.7 Å².